The van der Waals surface area contributed by atoms with E-state index < -0.39 is 0 Å². The van der Waals surface area contributed by atoms with Crippen molar-refractivity contribution in [3.05, 3.63) is 22.5 Å². The van der Waals surface area contributed by atoms with E-state index >= 15 is 0 Å². The topological polar surface area (TPSA) is 29.3 Å². The highest BCUT2D eigenvalue weighted by molar-refractivity contribution is 7.17. The molecule has 0 radical (unpaired) electrons. The van der Waals surface area contributed by atoms with Crippen LogP contribution in [-0.2, 0) is 6.54 Å². The quantitative estimate of drug-likeness (QED) is 0.664. The smallest absolute Gasteiger partial charge is 0.194 e. The third kappa shape index (κ3) is 2.68. The summed E-state index contributed by atoms with van der Waals surface area (Å²) in [6, 6.07) is 0. The SMILES string of the molecule is CC#CCCNCc1c(C)nc2sc(C)cn12. The maximum absolute atomic E-state index is 4.56. The van der Waals surface area contributed by atoms with Crippen molar-refractivity contribution in [3.8, 4) is 11.8 Å². The molecule has 17 heavy (non-hydrogen) atoms. The Bertz CT molecular complexity index is 568. The fraction of sp³-hybridized carbons (Fsp3) is 0.462. The van der Waals surface area contributed by atoms with Gasteiger partial charge < -0.3 is 5.32 Å². The summed E-state index contributed by atoms with van der Waals surface area (Å²) in [6.07, 6.45) is 3.06. The molecule has 0 saturated heterocycles. The lowest BCUT2D eigenvalue weighted by molar-refractivity contribution is 0.680. The summed E-state index contributed by atoms with van der Waals surface area (Å²) in [5.41, 5.74) is 2.37. The van der Waals surface area contributed by atoms with Gasteiger partial charge in [-0.05, 0) is 20.8 Å². The highest BCUT2D eigenvalue weighted by Crippen LogP contribution is 2.20. The van der Waals surface area contributed by atoms with Crippen LogP contribution >= 0.6 is 11.3 Å². The molecule has 1 N–H and O–H groups in total. The van der Waals surface area contributed by atoms with E-state index in [2.05, 4.69) is 46.6 Å². The lowest BCUT2D eigenvalue weighted by Crippen LogP contribution is -2.16. The van der Waals surface area contributed by atoms with E-state index in [1.54, 1.807) is 11.3 Å². The molecule has 0 aliphatic rings. The molecule has 0 amide bonds. The Morgan fingerprint density at radius 2 is 2.29 bits per heavy atom. The van der Waals surface area contributed by atoms with Crippen molar-refractivity contribution in [2.75, 3.05) is 6.54 Å². The van der Waals surface area contributed by atoms with Gasteiger partial charge in [0.1, 0.15) is 0 Å². The van der Waals surface area contributed by atoms with Crippen LogP contribution in [0.1, 0.15) is 29.6 Å². The summed E-state index contributed by atoms with van der Waals surface area (Å²) in [5.74, 6) is 5.95. The Morgan fingerprint density at radius 3 is 3.06 bits per heavy atom. The molecule has 3 nitrogen and oxygen atoms in total. The van der Waals surface area contributed by atoms with Crippen LogP contribution in [0, 0.1) is 25.7 Å². The molecule has 4 heteroatoms. The van der Waals surface area contributed by atoms with Crippen LogP contribution in [0.3, 0.4) is 0 Å². The first-order valence-electron chi connectivity index (χ1n) is 5.76. The average molecular weight is 247 g/mol. The number of nitrogens with one attached hydrogen (secondary N) is 1. The zero-order valence-electron chi connectivity index (χ0n) is 10.5. The third-order valence-electron chi connectivity index (χ3n) is 2.64. The molecule has 2 heterocycles. The predicted molar refractivity (Wildman–Crippen MR) is 72.3 cm³/mol. The van der Waals surface area contributed by atoms with Crippen molar-refractivity contribution in [2.24, 2.45) is 0 Å². The molecule has 0 bridgehead atoms. The molecule has 0 aromatic carbocycles. The summed E-state index contributed by atoms with van der Waals surface area (Å²) < 4.78 is 2.19. The predicted octanol–water partition coefficient (Wildman–Crippen LogP) is 2.52. The van der Waals surface area contributed by atoms with Crippen molar-refractivity contribution in [3.63, 3.8) is 0 Å². The number of aryl methyl sites for hydroxylation is 2. The fourth-order valence-corrected chi connectivity index (χ4v) is 2.69. The van der Waals surface area contributed by atoms with Gasteiger partial charge in [-0.25, -0.2) is 4.98 Å². The van der Waals surface area contributed by atoms with E-state index in [1.807, 2.05) is 6.92 Å². The van der Waals surface area contributed by atoms with Gasteiger partial charge >= 0.3 is 0 Å². The molecule has 0 unspecified atom stereocenters. The molecule has 2 aromatic rings. The fourth-order valence-electron chi connectivity index (χ4n) is 1.80. The number of aromatic nitrogens is 2. The van der Waals surface area contributed by atoms with E-state index in [4.69, 9.17) is 0 Å². The first-order valence-corrected chi connectivity index (χ1v) is 6.58. The van der Waals surface area contributed by atoms with Crippen LogP contribution in [0.15, 0.2) is 6.20 Å². The van der Waals surface area contributed by atoms with E-state index in [1.165, 1.54) is 10.6 Å². The zero-order valence-corrected chi connectivity index (χ0v) is 11.3. The minimum atomic E-state index is 0.856. The number of hydrogen-bond acceptors (Lipinski definition) is 3. The zero-order chi connectivity index (χ0) is 12.3. The Labute approximate surface area is 106 Å². The Balaban J connectivity index is 2.05. The Kier molecular flexibility index (Phi) is 3.82. The number of hydrogen-bond donors (Lipinski definition) is 1. The van der Waals surface area contributed by atoms with Crippen molar-refractivity contribution in [2.45, 2.75) is 33.7 Å². The molecular weight excluding hydrogens is 230 g/mol. The third-order valence-corrected chi connectivity index (χ3v) is 3.53. The van der Waals surface area contributed by atoms with E-state index in [-0.39, 0.29) is 0 Å². The van der Waals surface area contributed by atoms with Crippen LogP contribution in [0.5, 0.6) is 0 Å². The summed E-state index contributed by atoms with van der Waals surface area (Å²) in [4.78, 5) is 6.95. The highest BCUT2D eigenvalue weighted by atomic mass is 32.1. The molecule has 2 aromatic heterocycles. The number of imidazole rings is 1. The highest BCUT2D eigenvalue weighted by Gasteiger charge is 2.09. The molecule has 0 aliphatic carbocycles. The van der Waals surface area contributed by atoms with E-state index in [9.17, 15) is 0 Å². The maximum Gasteiger partial charge on any atom is 0.194 e. The van der Waals surface area contributed by atoms with Gasteiger partial charge in [-0.3, -0.25) is 4.40 Å². The van der Waals surface area contributed by atoms with Gasteiger partial charge in [-0.15, -0.1) is 23.2 Å². The van der Waals surface area contributed by atoms with Crippen LogP contribution in [0.2, 0.25) is 0 Å². The largest absolute Gasteiger partial charge is 0.310 e. The van der Waals surface area contributed by atoms with Crippen LogP contribution in [-0.4, -0.2) is 15.9 Å². The summed E-state index contributed by atoms with van der Waals surface area (Å²) in [7, 11) is 0. The molecule has 0 fully saturated rings. The monoisotopic (exact) mass is 247 g/mol. The molecule has 90 valence electrons. The second-order valence-corrected chi connectivity index (χ2v) is 5.21. The minimum absolute atomic E-state index is 0.856. The Morgan fingerprint density at radius 1 is 1.47 bits per heavy atom. The first-order chi connectivity index (χ1) is 8.22. The normalized spacial score (nSPS) is 10.5. The maximum atomic E-state index is 4.56. The van der Waals surface area contributed by atoms with Gasteiger partial charge in [-0.2, -0.15) is 0 Å². The van der Waals surface area contributed by atoms with Gasteiger partial charge in [0.25, 0.3) is 0 Å². The molecule has 0 saturated carbocycles. The average Bonchev–Trinajstić information content (AvgIpc) is 2.75. The standard InChI is InChI=1S/C13H17N3S/c1-4-5-6-7-14-8-12-11(3)15-13-16(12)9-10(2)17-13/h9,14H,6-8H2,1-3H3. The van der Waals surface area contributed by atoms with E-state index in [0.29, 0.717) is 0 Å². The lowest BCUT2D eigenvalue weighted by Gasteiger charge is -2.02. The summed E-state index contributed by atoms with van der Waals surface area (Å²) in [6.45, 7) is 7.84. The van der Waals surface area contributed by atoms with Gasteiger partial charge in [0.05, 0.1) is 11.4 Å². The van der Waals surface area contributed by atoms with Crippen molar-refractivity contribution in [1.82, 2.24) is 14.7 Å². The Hall–Kier alpha value is -1.31. The second-order valence-electron chi connectivity index (χ2n) is 3.99. The first kappa shape index (κ1) is 12.2. The van der Waals surface area contributed by atoms with E-state index in [0.717, 1.165) is 30.2 Å². The second kappa shape index (κ2) is 5.35. The lowest BCUT2D eigenvalue weighted by atomic mass is 10.3. The van der Waals surface area contributed by atoms with Gasteiger partial charge in [0.2, 0.25) is 0 Å². The van der Waals surface area contributed by atoms with Gasteiger partial charge in [-0.1, -0.05) is 0 Å². The van der Waals surface area contributed by atoms with Gasteiger partial charge in [0, 0.05) is 30.6 Å². The molecule has 0 spiro atoms. The van der Waals surface area contributed by atoms with Crippen molar-refractivity contribution < 1.29 is 0 Å². The number of thiazole rings is 1. The number of rotatable bonds is 4. The van der Waals surface area contributed by atoms with Crippen LogP contribution in [0.4, 0.5) is 0 Å². The molecule has 0 aliphatic heterocycles. The summed E-state index contributed by atoms with van der Waals surface area (Å²) >= 11 is 1.74. The molecule has 0 atom stereocenters. The van der Waals surface area contributed by atoms with Crippen molar-refractivity contribution in [1.29, 1.82) is 0 Å². The minimum Gasteiger partial charge on any atom is -0.310 e. The number of fused-ring (bicyclic) bond motifs is 1. The molecule has 2 rings (SSSR count). The van der Waals surface area contributed by atoms with Crippen LogP contribution in [0.25, 0.3) is 4.96 Å². The van der Waals surface area contributed by atoms with Gasteiger partial charge in [0.15, 0.2) is 4.96 Å². The molecular formula is C13H17N3S. The van der Waals surface area contributed by atoms with Crippen molar-refractivity contribution >= 4 is 16.3 Å². The summed E-state index contributed by atoms with van der Waals surface area (Å²) in [5, 5.41) is 3.41. The van der Waals surface area contributed by atoms with Crippen LogP contribution < -0.4 is 5.32 Å². The number of nitrogens with zero attached hydrogens (tertiary/aromatic N) is 2.